The number of unbranched alkanes of at least 4 members (excludes halogenated alkanes) is 1. The predicted octanol–water partition coefficient (Wildman–Crippen LogP) is 4.07. The minimum absolute atomic E-state index is 0.152. The molecule has 3 saturated heterocycles. The molecule has 2 unspecified atom stereocenters. The molecule has 39 heavy (non-hydrogen) atoms. The van der Waals surface area contributed by atoms with Crippen LogP contribution in [0.4, 0.5) is 5.69 Å². The van der Waals surface area contributed by atoms with E-state index in [1.165, 1.54) is 4.90 Å². The van der Waals surface area contributed by atoms with Gasteiger partial charge in [-0.3, -0.25) is 14.4 Å². The lowest BCUT2D eigenvalue weighted by Gasteiger charge is -2.40. The summed E-state index contributed by atoms with van der Waals surface area (Å²) in [7, 11) is 0. The zero-order chi connectivity index (χ0) is 28.5. The largest absolute Gasteiger partial charge is 0.465 e. The molecule has 3 fully saturated rings. The van der Waals surface area contributed by atoms with E-state index in [2.05, 4.69) is 13.2 Å². The summed E-state index contributed by atoms with van der Waals surface area (Å²) in [6.07, 6.45) is 5.19. The number of esters is 1. The molecular weight excluding hydrogens is 520 g/mol. The summed E-state index contributed by atoms with van der Waals surface area (Å²) >= 11 is 6.59. The number of carbonyl (C=O) groups excluding carboxylic acids is 3. The zero-order valence-electron chi connectivity index (χ0n) is 23.0. The fraction of sp³-hybridized carbons (Fsp3) is 0.567. The average Bonchev–Trinajstić information content (AvgIpc) is 3.53. The van der Waals surface area contributed by atoms with Crippen molar-refractivity contribution in [2.45, 2.75) is 70.2 Å². The third-order valence-corrected chi connectivity index (χ3v) is 8.70. The molecule has 9 heteroatoms. The smallest absolute Gasteiger partial charge is 0.312 e. The standard InChI is InChI=1S/C30H39ClN2O6/c1-6-8-9-16-38-29(37)23-22-13-14-30(39-22)24(23)27(35)33(21(17-34)18(3)4)26(30)28(36)32(15-7-2)25-19(5)11-10-12-20(25)31/h6-7,10-12,18,21-24,26,34H,1-2,8-9,13-17H2,3-5H3/t21-,22+,23-,24-,26?,30?/m0/s1. The van der Waals surface area contributed by atoms with E-state index in [1.54, 1.807) is 23.1 Å². The Morgan fingerprint density at radius 1 is 1.33 bits per heavy atom. The quantitative estimate of drug-likeness (QED) is 0.236. The van der Waals surface area contributed by atoms with Crippen molar-refractivity contribution < 1.29 is 29.0 Å². The van der Waals surface area contributed by atoms with E-state index >= 15 is 0 Å². The molecule has 1 aromatic carbocycles. The van der Waals surface area contributed by atoms with E-state index in [9.17, 15) is 19.5 Å². The van der Waals surface area contributed by atoms with Gasteiger partial charge in [-0.05, 0) is 50.2 Å². The number of rotatable bonds is 12. The average molecular weight is 559 g/mol. The Morgan fingerprint density at radius 3 is 2.69 bits per heavy atom. The molecule has 0 saturated carbocycles. The van der Waals surface area contributed by atoms with Gasteiger partial charge in [0.2, 0.25) is 5.91 Å². The van der Waals surface area contributed by atoms with Gasteiger partial charge in [-0.2, -0.15) is 0 Å². The van der Waals surface area contributed by atoms with Gasteiger partial charge < -0.3 is 24.4 Å². The number of aryl methyl sites for hydroxylation is 1. The Morgan fingerprint density at radius 2 is 2.08 bits per heavy atom. The van der Waals surface area contributed by atoms with Crippen LogP contribution in [-0.2, 0) is 23.9 Å². The molecule has 1 aromatic rings. The fourth-order valence-electron chi connectivity index (χ4n) is 6.65. The van der Waals surface area contributed by atoms with E-state index in [-0.39, 0.29) is 37.5 Å². The van der Waals surface area contributed by atoms with Crippen molar-refractivity contribution in [3.05, 3.63) is 54.1 Å². The molecule has 8 nitrogen and oxygen atoms in total. The molecule has 3 aliphatic rings. The van der Waals surface area contributed by atoms with E-state index in [1.807, 2.05) is 32.9 Å². The minimum atomic E-state index is -1.21. The van der Waals surface area contributed by atoms with Crippen LogP contribution in [0.5, 0.6) is 0 Å². The van der Waals surface area contributed by atoms with Gasteiger partial charge in [0.15, 0.2) is 0 Å². The first-order chi connectivity index (χ1) is 18.6. The highest BCUT2D eigenvalue weighted by Crippen LogP contribution is 2.59. The van der Waals surface area contributed by atoms with Gasteiger partial charge in [0, 0.05) is 6.54 Å². The number of fused-ring (bicyclic) bond motifs is 1. The van der Waals surface area contributed by atoms with Crippen molar-refractivity contribution in [2.24, 2.45) is 17.8 Å². The second kappa shape index (κ2) is 11.8. The van der Waals surface area contributed by atoms with Crippen LogP contribution in [0.15, 0.2) is 43.5 Å². The van der Waals surface area contributed by atoms with Crippen molar-refractivity contribution in [1.29, 1.82) is 0 Å². The van der Waals surface area contributed by atoms with E-state index < -0.39 is 41.6 Å². The van der Waals surface area contributed by atoms with E-state index in [0.29, 0.717) is 36.4 Å². The second-order valence-electron chi connectivity index (χ2n) is 11.0. The monoisotopic (exact) mass is 558 g/mol. The van der Waals surface area contributed by atoms with Crippen molar-refractivity contribution in [3.8, 4) is 0 Å². The molecule has 0 aliphatic carbocycles. The number of aliphatic hydroxyl groups is 1. The van der Waals surface area contributed by atoms with Crippen LogP contribution in [0.1, 0.15) is 45.1 Å². The lowest BCUT2D eigenvalue weighted by Crippen LogP contribution is -2.60. The lowest BCUT2D eigenvalue weighted by molar-refractivity contribution is -0.156. The number of hydrogen-bond donors (Lipinski definition) is 1. The molecule has 1 N–H and O–H groups in total. The molecule has 1 spiro atoms. The number of amides is 2. The summed E-state index contributed by atoms with van der Waals surface area (Å²) in [5, 5.41) is 10.8. The first-order valence-electron chi connectivity index (χ1n) is 13.7. The Hall–Kier alpha value is -2.68. The minimum Gasteiger partial charge on any atom is -0.465 e. The van der Waals surface area contributed by atoms with Gasteiger partial charge in [-0.25, -0.2) is 0 Å². The third-order valence-electron chi connectivity index (χ3n) is 8.39. The normalized spacial score (nSPS) is 27.9. The van der Waals surface area contributed by atoms with Gasteiger partial charge >= 0.3 is 5.97 Å². The molecule has 2 bridgehead atoms. The maximum absolute atomic E-state index is 14.6. The van der Waals surface area contributed by atoms with Crippen LogP contribution in [0.25, 0.3) is 0 Å². The number of hydrogen-bond acceptors (Lipinski definition) is 6. The maximum Gasteiger partial charge on any atom is 0.312 e. The molecule has 212 valence electrons. The van der Waals surface area contributed by atoms with Gasteiger partial charge in [-0.15, -0.1) is 13.2 Å². The van der Waals surface area contributed by atoms with E-state index in [0.717, 1.165) is 5.56 Å². The number of likely N-dealkylation sites (tertiary alicyclic amines) is 1. The van der Waals surface area contributed by atoms with Crippen molar-refractivity contribution >= 4 is 35.1 Å². The number of ether oxygens (including phenoxy) is 2. The van der Waals surface area contributed by atoms with Crippen molar-refractivity contribution in [3.63, 3.8) is 0 Å². The summed E-state index contributed by atoms with van der Waals surface area (Å²) < 4.78 is 12.1. The predicted molar refractivity (Wildman–Crippen MR) is 149 cm³/mol. The third kappa shape index (κ3) is 4.92. The molecule has 3 aliphatic heterocycles. The number of nitrogens with zero attached hydrogens (tertiary/aromatic N) is 2. The van der Waals surface area contributed by atoms with E-state index in [4.69, 9.17) is 21.1 Å². The molecule has 0 radical (unpaired) electrons. The topological polar surface area (TPSA) is 96.4 Å². The SMILES string of the molecule is C=CCCCOC(=O)[C@@H]1[C@H]2C(=O)N([C@@H](CO)C(C)C)C(C(=O)N(CC=C)c3c(C)cccc3Cl)C23CC[C@H]1O3. The Balaban J connectivity index is 1.79. The maximum atomic E-state index is 14.6. The Kier molecular flexibility index (Phi) is 8.88. The van der Waals surface area contributed by atoms with Crippen molar-refractivity contribution in [1.82, 2.24) is 4.90 Å². The number of halogens is 1. The summed E-state index contributed by atoms with van der Waals surface area (Å²) in [4.78, 5) is 45.2. The molecule has 0 aromatic heterocycles. The highest BCUT2D eigenvalue weighted by atomic mass is 35.5. The Labute approximate surface area is 235 Å². The number of para-hydroxylation sites is 1. The molecule has 6 atom stereocenters. The van der Waals surface area contributed by atoms with Gasteiger partial charge in [0.05, 0.1) is 47.9 Å². The Bertz CT molecular complexity index is 1120. The summed E-state index contributed by atoms with van der Waals surface area (Å²) in [5.74, 6) is -3.04. The summed E-state index contributed by atoms with van der Waals surface area (Å²) in [6.45, 7) is 13.2. The van der Waals surface area contributed by atoms with Crippen LogP contribution in [-0.4, -0.2) is 71.3 Å². The highest BCUT2D eigenvalue weighted by Gasteiger charge is 2.75. The fourth-order valence-corrected chi connectivity index (χ4v) is 6.97. The first kappa shape index (κ1) is 29.3. The summed E-state index contributed by atoms with van der Waals surface area (Å²) in [5.41, 5.74) is 0.121. The number of aliphatic hydroxyl groups excluding tert-OH is 1. The van der Waals surface area contributed by atoms with Crippen molar-refractivity contribution in [2.75, 3.05) is 24.7 Å². The molecular formula is C30H39ClN2O6. The van der Waals surface area contributed by atoms with Crippen LogP contribution in [0.2, 0.25) is 5.02 Å². The van der Waals surface area contributed by atoms with Gasteiger partial charge in [0.25, 0.3) is 5.91 Å². The zero-order valence-corrected chi connectivity index (χ0v) is 23.7. The molecule has 2 amide bonds. The van der Waals surface area contributed by atoms with Crippen LogP contribution in [0, 0.1) is 24.7 Å². The second-order valence-corrected chi connectivity index (χ2v) is 11.4. The van der Waals surface area contributed by atoms with Gasteiger partial charge in [-0.1, -0.05) is 49.7 Å². The number of allylic oxidation sites excluding steroid dienone is 1. The number of benzene rings is 1. The van der Waals surface area contributed by atoms with Crippen LogP contribution >= 0.6 is 11.6 Å². The number of carbonyl (C=O) groups is 3. The van der Waals surface area contributed by atoms with Crippen LogP contribution in [0.3, 0.4) is 0 Å². The molecule has 4 rings (SSSR count). The number of anilines is 1. The first-order valence-corrected chi connectivity index (χ1v) is 14.1. The lowest BCUT2D eigenvalue weighted by atomic mass is 9.70. The van der Waals surface area contributed by atoms with Gasteiger partial charge in [0.1, 0.15) is 11.6 Å². The molecule has 3 heterocycles. The summed E-state index contributed by atoms with van der Waals surface area (Å²) in [6, 6.07) is 3.70. The van der Waals surface area contributed by atoms with Crippen LogP contribution < -0.4 is 4.90 Å². The highest BCUT2D eigenvalue weighted by molar-refractivity contribution is 6.34.